The van der Waals surface area contributed by atoms with Gasteiger partial charge in [-0.3, -0.25) is 0 Å². The van der Waals surface area contributed by atoms with E-state index in [1.165, 1.54) is 5.56 Å². The second kappa shape index (κ2) is 6.41. The Hall–Kier alpha value is -1.78. The molecule has 0 atom stereocenters. The van der Waals surface area contributed by atoms with Gasteiger partial charge in [-0.2, -0.15) is 0 Å². The van der Waals surface area contributed by atoms with Crippen LogP contribution in [0.15, 0.2) is 48.5 Å². The zero-order valence-corrected chi connectivity index (χ0v) is 10.9. The number of hydrogen-bond donors (Lipinski definition) is 2. The average Bonchev–Trinajstić information content (AvgIpc) is 2.40. The fraction of sp³-hybridized carbons (Fsp3) is 0.200. The van der Waals surface area contributed by atoms with E-state index in [0.717, 1.165) is 24.0 Å². The lowest BCUT2D eigenvalue weighted by molar-refractivity contribution is 0.288. The fourth-order valence-corrected chi connectivity index (χ4v) is 2.00. The van der Waals surface area contributed by atoms with E-state index in [9.17, 15) is 0 Å². The molecule has 19 heavy (non-hydrogen) atoms. The van der Waals surface area contributed by atoms with Crippen LogP contribution in [-0.2, 0) is 6.42 Å². The van der Waals surface area contributed by atoms with Crippen LogP contribution in [0.25, 0.3) is 11.1 Å². The zero-order chi connectivity index (χ0) is 13.7. The van der Waals surface area contributed by atoms with Crippen molar-refractivity contribution in [1.29, 1.82) is 0 Å². The van der Waals surface area contributed by atoms with Crippen molar-refractivity contribution >= 4 is 7.32 Å². The first-order valence-corrected chi connectivity index (χ1v) is 6.41. The first kappa shape index (κ1) is 13.7. The van der Waals surface area contributed by atoms with E-state index >= 15 is 0 Å². The van der Waals surface area contributed by atoms with Crippen LogP contribution in [0.4, 0.5) is 0 Å². The quantitative estimate of drug-likeness (QED) is 0.808. The molecule has 0 bridgehead atoms. The molecular formula is C15H17BO3. The number of hydrogen-bond acceptors (Lipinski definition) is 3. The smallest absolute Gasteiger partial charge is 0.512 e. The molecule has 0 heterocycles. The van der Waals surface area contributed by atoms with Crippen molar-refractivity contribution in [1.82, 2.24) is 0 Å². The molecule has 2 aromatic carbocycles. The molecule has 0 aliphatic rings. The summed E-state index contributed by atoms with van der Waals surface area (Å²) >= 11 is 0. The van der Waals surface area contributed by atoms with Gasteiger partial charge in [0.2, 0.25) is 0 Å². The van der Waals surface area contributed by atoms with E-state index in [2.05, 4.69) is 31.2 Å². The Labute approximate surface area is 113 Å². The first-order valence-electron chi connectivity index (χ1n) is 6.41. The second-order valence-corrected chi connectivity index (χ2v) is 4.42. The Morgan fingerprint density at radius 2 is 1.42 bits per heavy atom. The molecule has 0 aliphatic heterocycles. The maximum absolute atomic E-state index is 8.71. The molecule has 0 fully saturated rings. The van der Waals surface area contributed by atoms with Crippen LogP contribution in [0.2, 0.25) is 0 Å². The normalized spacial score (nSPS) is 10.3. The number of rotatable bonds is 5. The Bertz CT molecular complexity index is 506. The molecule has 2 aromatic rings. The van der Waals surface area contributed by atoms with E-state index < -0.39 is 7.32 Å². The minimum atomic E-state index is -1.78. The van der Waals surface area contributed by atoms with Crippen molar-refractivity contribution in [2.75, 3.05) is 0 Å². The van der Waals surface area contributed by atoms with Crippen LogP contribution >= 0.6 is 0 Å². The molecule has 0 aromatic heterocycles. The van der Waals surface area contributed by atoms with Gasteiger partial charge in [0.15, 0.2) is 0 Å². The highest BCUT2D eigenvalue weighted by Gasteiger charge is 2.10. The van der Waals surface area contributed by atoms with E-state index in [0.29, 0.717) is 5.75 Å². The first-order chi connectivity index (χ1) is 9.19. The average molecular weight is 256 g/mol. The van der Waals surface area contributed by atoms with Gasteiger partial charge in [-0.25, -0.2) is 0 Å². The lowest BCUT2D eigenvalue weighted by atomic mass is 10.0. The summed E-state index contributed by atoms with van der Waals surface area (Å²) < 4.78 is 4.77. The van der Waals surface area contributed by atoms with Gasteiger partial charge in [0, 0.05) is 0 Å². The third-order valence-corrected chi connectivity index (χ3v) is 2.92. The predicted molar refractivity (Wildman–Crippen MR) is 76.7 cm³/mol. The summed E-state index contributed by atoms with van der Waals surface area (Å²) in [7, 11) is -1.78. The molecule has 0 saturated carbocycles. The summed E-state index contributed by atoms with van der Waals surface area (Å²) in [5.74, 6) is 0.432. The van der Waals surface area contributed by atoms with Crippen molar-refractivity contribution < 1.29 is 14.7 Å². The Morgan fingerprint density at radius 1 is 0.895 bits per heavy atom. The minimum absolute atomic E-state index is 0.432. The van der Waals surface area contributed by atoms with Gasteiger partial charge in [0.25, 0.3) is 0 Å². The van der Waals surface area contributed by atoms with Gasteiger partial charge in [0.05, 0.1) is 0 Å². The molecule has 0 amide bonds. The van der Waals surface area contributed by atoms with Crippen molar-refractivity contribution in [3.8, 4) is 16.9 Å². The summed E-state index contributed by atoms with van der Waals surface area (Å²) in [6.07, 6.45) is 2.25. The van der Waals surface area contributed by atoms with Crippen LogP contribution in [0.3, 0.4) is 0 Å². The van der Waals surface area contributed by atoms with Crippen molar-refractivity contribution in [3.63, 3.8) is 0 Å². The van der Waals surface area contributed by atoms with Crippen molar-refractivity contribution in [3.05, 3.63) is 54.1 Å². The van der Waals surface area contributed by atoms with E-state index in [1.807, 2.05) is 12.1 Å². The maximum Gasteiger partial charge on any atom is 0.707 e. The molecule has 0 aliphatic carbocycles. The standard InChI is InChI=1S/C15H17BO3/c1-2-3-12-4-6-13(7-5-12)14-8-10-15(11-9-14)19-16(17)18/h4-11,17-18H,2-3H2,1H3. The third-order valence-electron chi connectivity index (χ3n) is 2.92. The monoisotopic (exact) mass is 256 g/mol. The molecule has 3 nitrogen and oxygen atoms in total. The van der Waals surface area contributed by atoms with Crippen LogP contribution in [0.1, 0.15) is 18.9 Å². The molecule has 4 heteroatoms. The Morgan fingerprint density at radius 3 is 1.89 bits per heavy atom. The lowest BCUT2D eigenvalue weighted by Crippen LogP contribution is -2.20. The van der Waals surface area contributed by atoms with Gasteiger partial charge < -0.3 is 14.7 Å². The molecule has 2 rings (SSSR count). The van der Waals surface area contributed by atoms with Gasteiger partial charge >= 0.3 is 7.32 Å². The van der Waals surface area contributed by atoms with Crippen molar-refractivity contribution in [2.24, 2.45) is 0 Å². The molecule has 0 saturated heterocycles. The molecule has 98 valence electrons. The molecule has 2 N–H and O–H groups in total. The predicted octanol–water partition coefficient (Wildman–Crippen LogP) is 2.65. The Kier molecular flexibility index (Phi) is 4.60. The second-order valence-electron chi connectivity index (χ2n) is 4.42. The number of benzene rings is 2. The van der Waals surface area contributed by atoms with Crippen molar-refractivity contribution in [2.45, 2.75) is 19.8 Å². The topological polar surface area (TPSA) is 49.7 Å². The lowest BCUT2D eigenvalue weighted by Gasteiger charge is -2.07. The summed E-state index contributed by atoms with van der Waals surface area (Å²) in [6.45, 7) is 2.17. The van der Waals surface area contributed by atoms with E-state index in [4.69, 9.17) is 14.7 Å². The van der Waals surface area contributed by atoms with Crippen LogP contribution in [-0.4, -0.2) is 17.4 Å². The molecular weight excluding hydrogens is 239 g/mol. The SMILES string of the molecule is CCCc1ccc(-c2ccc(OB(O)O)cc2)cc1. The fourth-order valence-electron chi connectivity index (χ4n) is 2.00. The highest BCUT2D eigenvalue weighted by molar-refractivity contribution is 6.33. The van der Waals surface area contributed by atoms with E-state index in [1.54, 1.807) is 12.1 Å². The van der Waals surface area contributed by atoms with Crippen LogP contribution in [0.5, 0.6) is 5.75 Å². The van der Waals surface area contributed by atoms with Gasteiger partial charge in [0.1, 0.15) is 5.75 Å². The van der Waals surface area contributed by atoms with Gasteiger partial charge in [-0.1, -0.05) is 49.7 Å². The Balaban J connectivity index is 2.13. The number of aryl methyl sites for hydroxylation is 1. The van der Waals surface area contributed by atoms with E-state index in [-0.39, 0.29) is 0 Å². The van der Waals surface area contributed by atoms with Crippen LogP contribution < -0.4 is 4.65 Å². The molecule has 0 radical (unpaired) electrons. The third kappa shape index (κ3) is 3.84. The minimum Gasteiger partial charge on any atom is -0.512 e. The molecule has 0 spiro atoms. The highest BCUT2D eigenvalue weighted by Crippen LogP contribution is 2.23. The van der Waals surface area contributed by atoms with Gasteiger partial charge in [-0.15, -0.1) is 0 Å². The summed E-state index contributed by atoms with van der Waals surface area (Å²) in [6, 6.07) is 15.7. The summed E-state index contributed by atoms with van der Waals surface area (Å²) in [4.78, 5) is 0. The summed E-state index contributed by atoms with van der Waals surface area (Å²) in [5.41, 5.74) is 3.55. The highest BCUT2D eigenvalue weighted by atomic mass is 16.6. The zero-order valence-electron chi connectivity index (χ0n) is 10.9. The van der Waals surface area contributed by atoms with Crippen LogP contribution in [0, 0.1) is 0 Å². The summed E-state index contributed by atoms with van der Waals surface area (Å²) in [5, 5.41) is 17.4. The largest absolute Gasteiger partial charge is 0.707 e. The van der Waals surface area contributed by atoms with Gasteiger partial charge in [-0.05, 0) is 35.2 Å². The molecule has 0 unspecified atom stereocenters. The maximum atomic E-state index is 8.71.